The van der Waals surface area contributed by atoms with Gasteiger partial charge < -0.3 is 9.84 Å². The lowest BCUT2D eigenvalue weighted by Crippen LogP contribution is -2.33. The van der Waals surface area contributed by atoms with E-state index >= 15 is 0 Å². The Morgan fingerprint density at radius 2 is 2.50 bits per heavy atom. The lowest BCUT2D eigenvalue weighted by Gasteiger charge is -2.08. The van der Waals surface area contributed by atoms with Crippen molar-refractivity contribution < 1.29 is 9.32 Å². The van der Waals surface area contributed by atoms with Gasteiger partial charge in [0.05, 0.1) is 6.20 Å². The van der Waals surface area contributed by atoms with Crippen molar-refractivity contribution in [3.05, 3.63) is 18.0 Å². The van der Waals surface area contributed by atoms with E-state index in [2.05, 4.69) is 10.5 Å². The maximum absolute atomic E-state index is 11.3. The average Bonchev–Trinajstić information content (AvgIpc) is 2.55. The second-order valence-electron chi connectivity index (χ2n) is 3.39. The van der Waals surface area contributed by atoms with Gasteiger partial charge in [0.25, 0.3) is 5.91 Å². The molecule has 0 aromatic carbocycles. The maximum atomic E-state index is 11.3. The van der Waals surface area contributed by atoms with Crippen molar-refractivity contribution in [1.82, 2.24) is 10.5 Å². The van der Waals surface area contributed by atoms with Crippen molar-refractivity contribution in [3.63, 3.8) is 0 Å². The number of aromatic nitrogens is 1. The van der Waals surface area contributed by atoms with E-state index in [0.717, 1.165) is 12.8 Å². The normalized spacial score (nSPS) is 18.8. The summed E-state index contributed by atoms with van der Waals surface area (Å²) in [5, 5.41) is 6.32. The molecule has 1 aromatic heterocycles. The molecule has 1 N–H and O–H groups in total. The van der Waals surface area contributed by atoms with Crippen LogP contribution in [-0.4, -0.2) is 16.6 Å². The van der Waals surface area contributed by atoms with E-state index < -0.39 is 0 Å². The summed E-state index contributed by atoms with van der Waals surface area (Å²) >= 11 is 0. The zero-order valence-electron chi connectivity index (χ0n) is 6.83. The van der Waals surface area contributed by atoms with Crippen molar-refractivity contribution in [2.75, 3.05) is 0 Å². The van der Waals surface area contributed by atoms with Crippen LogP contribution in [0.3, 0.4) is 0 Å². The molecule has 1 aromatic rings. The molecule has 2 rings (SSSR count). The van der Waals surface area contributed by atoms with Crippen molar-refractivity contribution in [3.8, 4) is 0 Å². The first-order chi connectivity index (χ1) is 5.70. The standard InChI is InChI=1S/C8H10N2O2/c1-8(3-4-8)10-7(11)6-2-5-9-12-6/h2,5H,3-4H2,1H3,(H,10,11). The Labute approximate surface area is 69.9 Å². The molecule has 0 aliphatic heterocycles. The van der Waals surface area contributed by atoms with Gasteiger partial charge in [0.15, 0.2) is 0 Å². The zero-order chi connectivity index (χ0) is 8.60. The van der Waals surface area contributed by atoms with Crippen LogP contribution in [0.25, 0.3) is 0 Å². The first kappa shape index (κ1) is 7.34. The van der Waals surface area contributed by atoms with Gasteiger partial charge in [-0.25, -0.2) is 0 Å². The predicted octanol–water partition coefficient (Wildman–Crippen LogP) is 0.957. The van der Waals surface area contributed by atoms with Gasteiger partial charge in [0, 0.05) is 11.6 Å². The summed E-state index contributed by atoms with van der Waals surface area (Å²) in [6.45, 7) is 2.02. The van der Waals surface area contributed by atoms with E-state index in [9.17, 15) is 4.79 Å². The van der Waals surface area contributed by atoms with Crippen LogP contribution in [0.1, 0.15) is 30.3 Å². The van der Waals surface area contributed by atoms with Crippen LogP contribution in [-0.2, 0) is 0 Å². The summed E-state index contributed by atoms with van der Waals surface area (Å²) in [7, 11) is 0. The van der Waals surface area contributed by atoms with Gasteiger partial charge in [-0.15, -0.1) is 0 Å². The van der Waals surface area contributed by atoms with E-state index in [1.54, 1.807) is 6.07 Å². The fourth-order valence-corrected chi connectivity index (χ4v) is 0.981. The first-order valence-corrected chi connectivity index (χ1v) is 3.93. The van der Waals surface area contributed by atoms with E-state index in [1.807, 2.05) is 6.92 Å². The largest absolute Gasteiger partial charge is 0.351 e. The van der Waals surface area contributed by atoms with Crippen molar-refractivity contribution in [2.24, 2.45) is 0 Å². The molecule has 4 heteroatoms. The molecule has 1 heterocycles. The monoisotopic (exact) mass is 166 g/mol. The minimum Gasteiger partial charge on any atom is -0.351 e. The molecule has 12 heavy (non-hydrogen) atoms. The van der Waals surface area contributed by atoms with Crippen LogP contribution in [0.2, 0.25) is 0 Å². The third kappa shape index (κ3) is 1.32. The number of hydrogen-bond acceptors (Lipinski definition) is 3. The highest BCUT2D eigenvalue weighted by Gasteiger charge is 2.39. The van der Waals surface area contributed by atoms with Crippen LogP contribution in [0, 0.1) is 0 Å². The minimum atomic E-state index is -0.174. The Morgan fingerprint density at radius 3 is 3.00 bits per heavy atom. The molecule has 0 unspecified atom stereocenters. The number of carbonyl (C=O) groups is 1. The smallest absolute Gasteiger partial charge is 0.290 e. The van der Waals surface area contributed by atoms with Gasteiger partial charge in [0.2, 0.25) is 5.76 Å². The molecule has 1 fully saturated rings. The number of hydrogen-bond donors (Lipinski definition) is 1. The summed E-state index contributed by atoms with van der Waals surface area (Å²) in [6.07, 6.45) is 3.56. The quantitative estimate of drug-likeness (QED) is 0.711. The molecule has 0 atom stereocenters. The molecule has 1 aliphatic carbocycles. The van der Waals surface area contributed by atoms with E-state index in [-0.39, 0.29) is 17.2 Å². The molecule has 1 aliphatic rings. The lowest BCUT2D eigenvalue weighted by molar-refractivity contribution is 0.0898. The van der Waals surface area contributed by atoms with Crippen molar-refractivity contribution in [1.29, 1.82) is 0 Å². The Morgan fingerprint density at radius 1 is 1.75 bits per heavy atom. The highest BCUT2D eigenvalue weighted by Crippen LogP contribution is 2.34. The summed E-state index contributed by atoms with van der Waals surface area (Å²) in [4.78, 5) is 11.3. The molecule has 0 bridgehead atoms. The van der Waals surface area contributed by atoms with Gasteiger partial charge in [-0.1, -0.05) is 5.16 Å². The van der Waals surface area contributed by atoms with Crippen LogP contribution < -0.4 is 5.32 Å². The van der Waals surface area contributed by atoms with Crippen LogP contribution in [0.4, 0.5) is 0 Å². The Kier molecular flexibility index (Phi) is 1.43. The third-order valence-corrected chi connectivity index (χ3v) is 2.08. The molecular formula is C8H10N2O2. The maximum Gasteiger partial charge on any atom is 0.290 e. The fraction of sp³-hybridized carbons (Fsp3) is 0.500. The van der Waals surface area contributed by atoms with E-state index in [0.29, 0.717) is 0 Å². The Bertz CT molecular complexity index is 288. The Hall–Kier alpha value is -1.32. The van der Waals surface area contributed by atoms with Gasteiger partial charge in [-0.2, -0.15) is 0 Å². The molecule has 0 radical (unpaired) electrons. The highest BCUT2D eigenvalue weighted by atomic mass is 16.5. The topological polar surface area (TPSA) is 55.1 Å². The fourth-order valence-electron chi connectivity index (χ4n) is 0.981. The van der Waals surface area contributed by atoms with Crippen molar-refractivity contribution in [2.45, 2.75) is 25.3 Å². The van der Waals surface area contributed by atoms with E-state index in [1.165, 1.54) is 6.20 Å². The molecule has 1 amide bonds. The van der Waals surface area contributed by atoms with Crippen LogP contribution in [0.15, 0.2) is 16.8 Å². The SMILES string of the molecule is CC1(NC(=O)c2ccno2)CC1. The first-order valence-electron chi connectivity index (χ1n) is 3.93. The number of carbonyl (C=O) groups excluding carboxylic acids is 1. The van der Waals surface area contributed by atoms with Crippen LogP contribution in [0.5, 0.6) is 0 Å². The number of nitrogens with one attached hydrogen (secondary N) is 1. The number of amides is 1. The molecular weight excluding hydrogens is 156 g/mol. The van der Waals surface area contributed by atoms with Gasteiger partial charge in [-0.05, 0) is 19.8 Å². The molecule has 64 valence electrons. The van der Waals surface area contributed by atoms with Gasteiger partial charge in [0.1, 0.15) is 0 Å². The van der Waals surface area contributed by atoms with Crippen molar-refractivity contribution >= 4 is 5.91 Å². The number of rotatable bonds is 2. The van der Waals surface area contributed by atoms with Gasteiger partial charge >= 0.3 is 0 Å². The number of nitrogens with zero attached hydrogens (tertiary/aromatic N) is 1. The average molecular weight is 166 g/mol. The predicted molar refractivity (Wildman–Crippen MR) is 41.6 cm³/mol. The summed E-state index contributed by atoms with van der Waals surface area (Å²) in [5.74, 6) is 0.107. The summed E-state index contributed by atoms with van der Waals surface area (Å²) < 4.78 is 4.71. The Balaban J connectivity index is 2.02. The second kappa shape index (κ2) is 2.33. The molecule has 0 saturated heterocycles. The molecule has 0 spiro atoms. The van der Waals surface area contributed by atoms with Gasteiger partial charge in [-0.3, -0.25) is 4.79 Å². The second-order valence-corrected chi connectivity index (χ2v) is 3.39. The van der Waals surface area contributed by atoms with E-state index in [4.69, 9.17) is 4.52 Å². The summed E-state index contributed by atoms with van der Waals surface area (Å²) in [5.41, 5.74) is 0.00384. The molecule has 1 saturated carbocycles. The third-order valence-electron chi connectivity index (χ3n) is 2.08. The van der Waals surface area contributed by atoms with Crippen LogP contribution >= 0.6 is 0 Å². The lowest BCUT2D eigenvalue weighted by atomic mass is 10.3. The minimum absolute atomic E-state index is 0.00384. The molecule has 4 nitrogen and oxygen atoms in total. The highest BCUT2D eigenvalue weighted by molar-refractivity contribution is 5.91. The zero-order valence-corrected chi connectivity index (χ0v) is 6.83. The summed E-state index contributed by atoms with van der Waals surface area (Å²) in [6, 6.07) is 1.56.